The maximum absolute atomic E-state index is 13.1. The maximum atomic E-state index is 13.1. The average molecular weight is 432 g/mol. The monoisotopic (exact) mass is 431 g/mol. The Kier molecular flexibility index (Phi) is 7.60. The van der Waals surface area contributed by atoms with Crippen LogP contribution < -0.4 is 5.32 Å². The van der Waals surface area contributed by atoms with Gasteiger partial charge in [-0.05, 0) is 16.7 Å². The van der Waals surface area contributed by atoms with Crippen molar-refractivity contribution in [1.29, 1.82) is 0 Å². The average Bonchev–Trinajstić information content (AvgIpc) is 2.74. The molecule has 0 saturated carbocycles. The highest BCUT2D eigenvalue weighted by molar-refractivity contribution is 7.88. The fourth-order valence-corrected chi connectivity index (χ4v) is 4.12. The van der Waals surface area contributed by atoms with Crippen molar-refractivity contribution in [3.8, 4) is 0 Å². The number of nitrogens with zero attached hydrogens (tertiary/aromatic N) is 2. The van der Waals surface area contributed by atoms with Crippen molar-refractivity contribution in [3.63, 3.8) is 0 Å². The first-order chi connectivity index (χ1) is 14.4. The molecule has 0 bridgehead atoms. The summed E-state index contributed by atoms with van der Waals surface area (Å²) >= 11 is 0. The third kappa shape index (κ3) is 5.89. The number of hydrogen-bond acceptors (Lipinski definition) is 5. The van der Waals surface area contributed by atoms with E-state index >= 15 is 0 Å². The lowest BCUT2D eigenvalue weighted by Crippen LogP contribution is -2.41. The Morgan fingerprint density at radius 1 is 1.07 bits per heavy atom. The number of amides is 1. The zero-order chi connectivity index (χ0) is 21.6. The third-order valence-electron chi connectivity index (χ3n) is 5.32. The van der Waals surface area contributed by atoms with E-state index in [4.69, 9.17) is 4.74 Å². The van der Waals surface area contributed by atoms with Crippen LogP contribution in [-0.2, 0) is 32.6 Å². The van der Waals surface area contributed by atoms with Crippen molar-refractivity contribution in [2.75, 3.05) is 39.6 Å². The van der Waals surface area contributed by atoms with Crippen LogP contribution in [0.2, 0.25) is 0 Å². The van der Waals surface area contributed by atoms with Gasteiger partial charge in [0, 0.05) is 33.2 Å². The second kappa shape index (κ2) is 10.2. The Labute approximate surface area is 178 Å². The molecule has 1 fully saturated rings. The third-order valence-corrected chi connectivity index (χ3v) is 6.58. The maximum Gasteiger partial charge on any atom is 0.243 e. The quantitative estimate of drug-likeness (QED) is 0.689. The van der Waals surface area contributed by atoms with Crippen molar-refractivity contribution < 1.29 is 17.9 Å². The summed E-state index contributed by atoms with van der Waals surface area (Å²) in [6, 6.07) is 16.0. The molecule has 162 valence electrons. The minimum atomic E-state index is -3.55. The molecule has 1 atom stereocenters. The standard InChI is InChI=1S/C22H29N3O4S/c1-24(30(2,27)28)21(18-8-4-3-5-9-18)22(26)23-16-19-10-6-7-11-20(19)17-25-12-14-29-15-13-25/h3-11,21H,12-17H2,1-2H3,(H,23,26)/t21-/m0/s1. The Hall–Kier alpha value is -2.26. The van der Waals surface area contributed by atoms with Crippen LogP contribution in [0.1, 0.15) is 22.7 Å². The zero-order valence-electron chi connectivity index (χ0n) is 17.5. The topological polar surface area (TPSA) is 79.0 Å². The van der Waals surface area contributed by atoms with Crippen LogP contribution in [-0.4, -0.2) is 63.1 Å². The molecule has 1 aliphatic rings. The number of ether oxygens (including phenoxy) is 1. The van der Waals surface area contributed by atoms with Gasteiger partial charge in [-0.2, -0.15) is 4.31 Å². The fourth-order valence-electron chi connectivity index (χ4n) is 3.52. The summed E-state index contributed by atoms with van der Waals surface area (Å²) in [5.41, 5.74) is 2.79. The van der Waals surface area contributed by atoms with Crippen LogP contribution in [0.4, 0.5) is 0 Å². The lowest BCUT2D eigenvalue weighted by atomic mass is 10.0. The van der Waals surface area contributed by atoms with E-state index < -0.39 is 16.1 Å². The number of morpholine rings is 1. The summed E-state index contributed by atoms with van der Waals surface area (Å²) in [5.74, 6) is -0.352. The van der Waals surface area contributed by atoms with Gasteiger partial charge in [0.25, 0.3) is 0 Å². The minimum absolute atomic E-state index is 0.334. The first kappa shape index (κ1) is 22.4. The number of nitrogens with one attached hydrogen (secondary N) is 1. The number of rotatable bonds is 8. The SMILES string of the molecule is CN([C@H](C(=O)NCc1ccccc1CN1CCOCC1)c1ccccc1)S(C)(=O)=O. The van der Waals surface area contributed by atoms with Crippen LogP contribution in [0.15, 0.2) is 54.6 Å². The summed E-state index contributed by atoms with van der Waals surface area (Å²) < 4.78 is 30.8. The number of carbonyl (C=O) groups excluding carboxylic acids is 1. The number of likely N-dealkylation sites (N-methyl/N-ethyl adjacent to an activating group) is 1. The molecule has 1 aliphatic heterocycles. The highest BCUT2D eigenvalue weighted by Gasteiger charge is 2.30. The normalized spacial score (nSPS) is 16.4. The largest absolute Gasteiger partial charge is 0.379 e. The molecule has 7 nitrogen and oxygen atoms in total. The van der Waals surface area contributed by atoms with Gasteiger partial charge >= 0.3 is 0 Å². The van der Waals surface area contributed by atoms with Crippen LogP contribution >= 0.6 is 0 Å². The van der Waals surface area contributed by atoms with Crippen molar-refractivity contribution in [2.45, 2.75) is 19.1 Å². The van der Waals surface area contributed by atoms with Crippen molar-refractivity contribution in [2.24, 2.45) is 0 Å². The number of sulfonamides is 1. The molecule has 1 heterocycles. The van der Waals surface area contributed by atoms with Crippen LogP contribution in [0, 0.1) is 0 Å². The van der Waals surface area contributed by atoms with Gasteiger partial charge in [-0.15, -0.1) is 0 Å². The predicted octanol–water partition coefficient (Wildman–Crippen LogP) is 1.77. The molecule has 8 heteroatoms. The molecule has 0 spiro atoms. The summed E-state index contributed by atoms with van der Waals surface area (Å²) in [6.45, 7) is 4.36. The molecule has 30 heavy (non-hydrogen) atoms. The molecule has 0 aromatic heterocycles. The summed E-state index contributed by atoms with van der Waals surface area (Å²) in [4.78, 5) is 15.4. The molecule has 1 N–H and O–H groups in total. The molecular formula is C22H29N3O4S. The smallest absolute Gasteiger partial charge is 0.243 e. The van der Waals surface area contributed by atoms with Gasteiger partial charge in [0.15, 0.2) is 0 Å². The Balaban J connectivity index is 1.74. The Bertz CT molecular complexity index is 944. The van der Waals surface area contributed by atoms with E-state index in [2.05, 4.69) is 16.3 Å². The van der Waals surface area contributed by atoms with Gasteiger partial charge < -0.3 is 10.1 Å². The fraction of sp³-hybridized carbons (Fsp3) is 0.409. The van der Waals surface area contributed by atoms with Gasteiger partial charge in [-0.3, -0.25) is 9.69 Å². The second-order valence-electron chi connectivity index (χ2n) is 7.47. The number of benzene rings is 2. The van der Waals surface area contributed by atoms with E-state index in [-0.39, 0.29) is 5.91 Å². The summed E-state index contributed by atoms with van der Waals surface area (Å²) in [7, 11) is -2.12. The summed E-state index contributed by atoms with van der Waals surface area (Å²) in [6.07, 6.45) is 1.11. The molecule has 2 aromatic rings. The van der Waals surface area contributed by atoms with Crippen molar-refractivity contribution in [3.05, 3.63) is 71.3 Å². The molecule has 1 amide bonds. The van der Waals surface area contributed by atoms with Gasteiger partial charge in [0.1, 0.15) is 6.04 Å². The molecule has 0 radical (unpaired) electrons. The first-order valence-corrected chi connectivity index (χ1v) is 11.8. The highest BCUT2D eigenvalue weighted by Crippen LogP contribution is 2.22. The van der Waals surface area contributed by atoms with Crippen LogP contribution in [0.5, 0.6) is 0 Å². The van der Waals surface area contributed by atoms with E-state index in [0.717, 1.165) is 54.5 Å². The van der Waals surface area contributed by atoms with Gasteiger partial charge in [-0.25, -0.2) is 8.42 Å². The number of carbonyl (C=O) groups is 1. The van der Waals surface area contributed by atoms with Crippen LogP contribution in [0.25, 0.3) is 0 Å². The highest BCUT2D eigenvalue weighted by atomic mass is 32.2. The Morgan fingerprint density at radius 3 is 2.30 bits per heavy atom. The number of hydrogen-bond donors (Lipinski definition) is 1. The lowest BCUT2D eigenvalue weighted by Gasteiger charge is -2.28. The van der Waals surface area contributed by atoms with E-state index in [0.29, 0.717) is 12.1 Å². The predicted molar refractivity (Wildman–Crippen MR) is 116 cm³/mol. The molecule has 0 unspecified atom stereocenters. The molecule has 1 saturated heterocycles. The van der Waals surface area contributed by atoms with Gasteiger partial charge in [0.05, 0.1) is 19.5 Å². The zero-order valence-corrected chi connectivity index (χ0v) is 18.3. The molecular weight excluding hydrogens is 402 g/mol. The molecule has 3 rings (SSSR count). The second-order valence-corrected chi connectivity index (χ2v) is 9.51. The van der Waals surface area contributed by atoms with E-state index in [9.17, 15) is 13.2 Å². The molecule has 2 aromatic carbocycles. The van der Waals surface area contributed by atoms with E-state index in [1.807, 2.05) is 24.3 Å². The lowest BCUT2D eigenvalue weighted by molar-refractivity contribution is -0.125. The van der Waals surface area contributed by atoms with Crippen molar-refractivity contribution >= 4 is 15.9 Å². The first-order valence-electron chi connectivity index (χ1n) is 9.99. The minimum Gasteiger partial charge on any atom is -0.379 e. The van der Waals surface area contributed by atoms with Crippen molar-refractivity contribution in [1.82, 2.24) is 14.5 Å². The molecule has 0 aliphatic carbocycles. The Morgan fingerprint density at radius 2 is 1.67 bits per heavy atom. The van der Waals surface area contributed by atoms with E-state index in [1.165, 1.54) is 7.05 Å². The summed E-state index contributed by atoms with van der Waals surface area (Å²) in [5, 5.41) is 2.94. The van der Waals surface area contributed by atoms with Gasteiger partial charge in [-0.1, -0.05) is 54.6 Å². The van der Waals surface area contributed by atoms with E-state index in [1.54, 1.807) is 24.3 Å². The van der Waals surface area contributed by atoms with Crippen LogP contribution in [0.3, 0.4) is 0 Å². The van der Waals surface area contributed by atoms with Gasteiger partial charge in [0.2, 0.25) is 15.9 Å².